The molecule has 1 aromatic rings. The Hall–Kier alpha value is -0.830. The molecule has 1 N–H and O–H groups in total. The minimum atomic E-state index is 0.264. The third-order valence-electron chi connectivity index (χ3n) is 2.28. The Morgan fingerprint density at radius 2 is 2.64 bits per heavy atom. The van der Waals surface area contributed by atoms with Gasteiger partial charge in [-0.1, -0.05) is 5.16 Å². The van der Waals surface area contributed by atoms with Crippen LogP contribution in [-0.4, -0.2) is 16.9 Å². The van der Waals surface area contributed by atoms with Crippen molar-refractivity contribution < 1.29 is 9.63 Å². The van der Waals surface area contributed by atoms with Gasteiger partial charge in [0.1, 0.15) is 5.76 Å². The largest absolute Gasteiger partial charge is 0.396 e. The van der Waals surface area contributed by atoms with E-state index in [0.29, 0.717) is 5.92 Å². The van der Waals surface area contributed by atoms with Gasteiger partial charge in [-0.3, -0.25) is 0 Å². The standard InChI is InChI=1S/C8H11NO2/c10-5-6-1-2-7-4-9-11-8(7)3-6/h4,6,10H,1-3,5H2/t6-/m0/s1. The molecule has 0 saturated carbocycles. The quantitative estimate of drug-likeness (QED) is 0.648. The van der Waals surface area contributed by atoms with Crippen LogP contribution in [0, 0.1) is 5.92 Å². The van der Waals surface area contributed by atoms with E-state index in [2.05, 4.69) is 5.16 Å². The van der Waals surface area contributed by atoms with Gasteiger partial charge in [-0.15, -0.1) is 0 Å². The fourth-order valence-corrected chi connectivity index (χ4v) is 1.54. The molecule has 0 saturated heterocycles. The van der Waals surface area contributed by atoms with E-state index in [-0.39, 0.29) is 6.61 Å². The maximum absolute atomic E-state index is 8.89. The molecule has 1 aromatic heterocycles. The molecular weight excluding hydrogens is 142 g/mol. The zero-order valence-electron chi connectivity index (χ0n) is 6.29. The van der Waals surface area contributed by atoms with Crippen molar-refractivity contribution in [2.45, 2.75) is 19.3 Å². The molecule has 0 aliphatic heterocycles. The first-order chi connectivity index (χ1) is 5.40. The van der Waals surface area contributed by atoms with E-state index in [9.17, 15) is 0 Å². The SMILES string of the molecule is OC[C@H]1CCc2cnoc2C1. The smallest absolute Gasteiger partial charge is 0.140 e. The van der Waals surface area contributed by atoms with Crippen molar-refractivity contribution in [2.24, 2.45) is 5.92 Å². The van der Waals surface area contributed by atoms with Crippen LogP contribution < -0.4 is 0 Å². The molecule has 1 aliphatic rings. The van der Waals surface area contributed by atoms with Crippen LogP contribution in [0.25, 0.3) is 0 Å². The maximum atomic E-state index is 8.89. The summed E-state index contributed by atoms with van der Waals surface area (Å²) in [6.45, 7) is 0.264. The molecule has 11 heavy (non-hydrogen) atoms. The normalized spacial score (nSPS) is 23.2. The van der Waals surface area contributed by atoms with Gasteiger partial charge in [0.05, 0.1) is 6.20 Å². The number of aliphatic hydroxyl groups excluding tert-OH is 1. The minimum absolute atomic E-state index is 0.264. The van der Waals surface area contributed by atoms with Crippen molar-refractivity contribution in [2.75, 3.05) is 6.61 Å². The number of rotatable bonds is 1. The Morgan fingerprint density at radius 1 is 1.73 bits per heavy atom. The molecule has 0 radical (unpaired) electrons. The van der Waals surface area contributed by atoms with Crippen LogP contribution in [0.5, 0.6) is 0 Å². The number of aromatic nitrogens is 1. The summed E-state index contributed by atoms with van der Waals surface area (Å²) < 4.78 is 5.03. The number of aryl methyl sites for hydroxylation is 1. The molecule has 1 aliphatic carbocycles. The topological polar surface area (TPSA) is 46.3 Å². The van der Waals surface area contributed by atoms with Crippen molar-refractivity contribution in [1.82, 2.24) is 5.16 Å². The average Bonchev–Trinajstić information content (AvgIpc) is 2.50. The summed E-state index contributed by atoms with van der Waals surface area (Å²) in [5, 5.41) is 12.6. The van der Waals surface area contributed by atoms with Gasteiger partial charge < -0.3 is 9.63 Å². The second-order valence-corrected chi connectivity index (χ2v) is 3.07. The molecule has 3 nitrogen and oxygen atoms in total. The zero-order valence-corrected chi connectivity index (χ0v) is 6.29. The molecule has 3 heteroatoms. The average molecular weight is 153 g/mol. The Bertz CT molecular complexity index is 244. The Kier molecular flexibility index (Phi) is 1.66. The summed E-state index contributed by atoms with van der Waals surface area (Å²) in [5.74, 6) is 1.35. The molecule has 2 rings (SSSR count). The Labute approximate surface area is 65.0 Å². The van der Waals surface area contributed by atoms with Crippen LogP contribution >= 0.6 is 0 Å². The van der Waals surface area contributed by atoms with Crippen molar-refractivity contribution in [1.29, 1.82) is 0 Å². The van der Waals surface area contributed by atoms with Crippen LogP contribution in [0.2, 0.25) is 0 Å². The number of hydrogen-bond donors (Lipinski definition) is 1. The summed E-state index contributed by atoms with van der Waals surface area (Å²) in [6, 6.07) is 0. The molecule has 0 amide bonds. The van der Waals surface area contributed by atoms with E-state index in [0.717, 1.165) is 25.0 Å². The summed E-state index contributed by atoms with van der Waals surface area (Å²) in [4.78, 5) is 0. The predicted molar refractivity (Wildman–Crippen MR) is 39.1 cm³/mol. The van der Waals surface area contributed by atoms with Gasteiger partial charge in [-0.05, 0) is 18.8 Å². The van der Waals surface area contributed by atoms with Crippen LogP contribution in [0.1, 0.15) is 17.7 Å². The van der Waals surface area contributed by atoms with Crippen molar-refractivity contribution in [3.8, 4) is 0 Å². The van der Waals surface area contributed by atoms with E-state index in [4.69, 9.17) is 9.63 Å². The van der Waals surface area contributed by atoms with Gasteiger partial charge in [-0.2, -0.15) is 0 Å². The van der Waals surface area contributed by atoms with Crippen molar-refractivity contribution in [3.05, 3.63) is 17.5 Å². The Morgan fingerprint density at radius 3 is 3.45 bits per heavy atom. The van der Waals surface area contributed by atoms with Gasteiger partial charge in [0.15, 0.2) is 0 Å². The number of hydrogen-bond acceptors (Lipinski definition) is 3. The van der Waals surface area contributed by atoms with Crippen molar-refractivity contribution in [3.63, 3.8) is 0 Å². The highest BCUT2D eigenvalue weighted by Gasteiger charge is 2.20. The fraction of sp³-hybridized carbons (Fsp3) is 0.625. The maximum Gasteiger partial charge on any atom is 0.140 e. The third-order valence-corrected chi connectivity index (χ3v) is 2.28. The van der Waals surface area contributed by atoms with Gasteiger partial charge in [0.2, 0.25) is 0 Å². The molecule has 1 heterocycles. The lowest BCUT2D eigenvalue weighted by Gasteiger charge is -2.17. The van der Waals surface area contributed by atoms with Crippen LogP contribution in [0.15, 0.2) is 10.7 Å². The van der Waals surface area contributed by atoms with E-state index in [1.165, 1.54) is 5.56 Å². The lowest BCUT2D eigenvalue weighted by atomic mass is 9.89. The third kappa shape index (κ3) is 1.16. The monoisotopic (exact) mass is 153 g/mol. The van der Waals surface area contributed by atoms with Crippen LogP contribution in [0.4, 0.5) is 0 Å². The minimum Gasteiger partial charge on any atom is -0.396 e. The van der Waals surface area contributed by atoms with Gasteiger partial charge in [0.25, 0.3) is 0 Å². The second-order valence-electron chi connectivity index (χ2n) is 3.07. The first-order valence-electron chi connectivity index (χ1n) is 3.93. The molecule has 0 fully saturated rings. The van der Waals surface area contributed by atoms with Crippen molar-refractivity contribution >= 4 is 0 Å². The van der Waals surface area contributed by atoms with E-state index >= 15 is 0 Å². The highest BCUT2D eigenvalue weighted by atomic mass is 16.5. The predicted octanol–water partition coefficient (Wildman–Crippen LogP) is 0.772. The molecular formula is C8H11NO2. The molecule has 1 atom stereocenters. The molecule has 0 aromatic carbocycles. The van der Waals surface area contributed by atoms with E-state index in [1.54, 1.807) is 6.20 Å². The lowest BCUT2D eigenvalue weighted by molar-refractivity contribution is 0.202. The van der Waals surface area contributed by atoms with Gasteiger partial charge in [0, 0.05) is 18.6 Å². The van der Waals surface area contributed by atoms with Gasteiger partial charge >= 0.3 is 0 Å². The summed E-state index contributed by atoms with van der Waals surface area (Å²) in [5.41, 5.74) is 1.22. The zero-order chi connectivity index (χ0) is 7.68. The molecule has 0 unspecified atom stereocenters. The summed E-state index contributed by atoms with van der Waals surface area (Å²) in [6.07, 6.45) is 4.70. The number of fused-ring (bicyclic) bond motifs is 1. The first kappa shape index (κ1) is 6.85. The van der Waals surface area contributed by atoms with Gasteiger partial charge in [-0.25, -0.2) is 0 Å². The first-order valence-corrected chi connectivity index (χ1v) is 3.93. The molecule has 0 bridgehead atoms. The molecule has 60 valence electrons. The molecule has 0 spiro atoms. The second kappa shape index (κ2) is 2.66. The van der Waals surface area contributed by atoms with Crippen LogP contribution in [0.3, 0.4) is 0 Å². The van der Waals surface area contributed by atoms with E-state index < -0.39 is 0 Å². The highest BCUT2D eigenvalue weighted by molar-refractivity contribution is 5.17. The van der Waals surface area contributed by atoms with Crippen LogP contribution in [-0.2, 0) is 12.8 Å². The lowest BCUT2D eigenvalue weighted by Crippen LogP contribution is -2.15. The Balaban J connectivity index is 2.18. The summed E-state index contributed by atoms with van der Waals surface area (Å²) in [7, 11) is 0. The number of aliphatic hydroxyl groups is 1. The highest BCUT2D eigenvalue weighted by Crippen LogP contribution is 2.24. The fourth-order valence-electron chi connectivity index (χ4n) is 1.54. The number of nitrogens with zero attached hydrogens (tertiary/aromatic N) is 1. The van der Waals surface area contributed by atoms with E-state index in [1.807, 2.05) is 0 Å². The summed E-state index contributed by atoms with van der Waals surface area (Å²) >= 11 is 0.